The van der Waals surface area contributed by atoms with Crippen LogP contribution in [0.1, 0.15) is 31.7 Å². The molecule has 1 fully saturated rings. The fourth-order valence-corrected chi connectivity index (χ4v) is 3.19. The fraction of sp³-hybridized carbons (Fsp3) is 0.632. The smallest absolute Gasteiger partial charge is 0.406 e. The summed E-state index contributed by atoms with van der Waals surface area (Å²) in [5.41, 5.74) is 0.931. The van der Waals surface area contributed by atoms with Gasteiger partial charge >= 0.3 is 6.36 Å². The maximum absolute atomic E-state index is 12.2. The van der Waals surface area contributed by atoms with Gasteiger partial charge in [0.1, 0.15) is 5.75 Å². The Labute approximate surface area is 182 Å². The van der Waals surface area contributed by atoms with Crippen molar-refractivity contribution in [1.29, 1.82) is 0 Å². The zero-order chi connectivity index (χ0) is 19.7. The summed E-state index contributed by atoms with van der Waals surface area (Å²) in [5.74, 6) is 0.562. The number of piperidine rings is 1. The summed E-state index contributed by atoms with van der Waals surface area (Å²) in [4.78, 5) is 6.75. The van der Waals surface area contributed by atoms with Crippen molar-refractivity contribution in [3.05, 3.63) is 29.8 Å². The Hall–Kier alpha value is -1.23. The van der Waals surface area contributed by atoms with Crippen LogP contribution in [0.2, 0.25) is 0 Å². The Bertz CT molecular complexity index is 588. The number of likely N-dealkylation sites (tertiary alicyclic amines) is 1. The van der Waals surface area contributed by atoms with Crippen LogP contribution in [-0.2, 0) is 6.42 Å². The summed E-state index contributed by atoms with van der Waals surface area (Å²) in [6.45, 7) is 6.22. The molecule has 1 saturated heterocycles. The first-order valence-corrected chi connectivity index (χ1v) is 9.44. The lowest BCUT2D eigenvalue weighted by atomic mass is 10.1. The molecule has 1 aliphatic heterocycles. The normalized spacial score (nSPS) is 16.4. The molecule has 2 rings (SSSR count). The molecular weight excluding hydrogens is 484 g/mol. The Kier molecular flexibility index (Phi) is 10.9. The SMILES string of the molecule is CCCN1CCC(NC(=NC)NCCc2ccc(OC(F)(F)F)cc2)CC1.I. The number of halogens is 4. The van der Waals surface area contributed by atoms with Gasteiger partial charge in [0.05, 0.1) is 0 Å². The molecule has 1 aromatic rings. The van der Waals surface area contributed by atoms with Crippen LogP contribution in [0.15, 0.2) is 29.3 Å². The van der Waals surface area contributed by atoms with Crippen molar-refractivity contribution >= 4 is 29.9 Å². The van der Waals surface area contributed by atoms with Crippen LogP contribution in [0.25, 0.3) is 0 Å². The molecule has 0 bridgehead atoms. The van der Waals surface area contributed by atoms with Crippen molar-refractivity contribution < 1.29 is 17.9 Å². The van der Waals surface area contributed by atoms with Crippen LogP contribution in [0.5, 0.6) is 5.75 Å². The van der Waals surface area contributed by atoms with Gasteiger partial charge < -0.3 is 20.3 Å². The monoisotopic (exact) mass is 514 g/mol. The van der Waals surface area contributed by atoms with Crippen LogP contribution in [0, 0.1) is 0 Å². The molecule has 1 aromatic carbocycles. The van der Waals surface area contributed by atoms with Crippen LogP contribution in [-0.4, -0.2) is 56.5 Å². The number of guanidine groups is 1. The van der Waals surface area contributed by atoms with Crippen LogP contribution >= 0.6 is 24.0 Å². The number of hydrogen-bond acceptors (Lipinski definition) is 3. The van der Waals surface area contributed by atoms with Gasteiger partial charge in [-0.25, -0.2) is 0 Å². The number of rotatable bonds is 7. The van der Waals surface area contributed by atoms with Gasteiger partial charge in [0, 0.05) is 32.7 Å². The highest BCUT2D eigenvalue weighted by Gasteiger charge is 2.30. The molecule has 0 spiro atoms. The molecule has 0 atom stereocenters. The molecule has 0 aliphatic carbocycles. The predicted octanol–water partition coefficient (Wildman–Crippen LogP) is 3.79. The first-order chi connectivity index (χ1) is 12.9. The van der Waals surface area contributed by atoms with Gasteiger partial charge in [-0.05, 0) is 49.9 Å². The van der Waals surface area contributed by atoms with E-state index in [0.717, 1.165) is 44.0 Å². The number of benzene rings is 1. The number of nitrogens with zero attached hydrogens (tertiary/aromatic N) is 2. The Morgan fingerprint density at radius 2 is 1.86 bits per heavy atom. The molecule has 160 valence electrons. The average molecular weight is 514 g/mol. The van der Waals surface area contributed by atoms with Gasteiger partial charge in [-0.3, -0.25) is 4.99 Å². The van der Waals surface area contributed by atoms with Crippen molar-refractivity contribution in [2.24, 2.45) is 4.99 Å². The number of alkyl halides is 3. The summed E-state index contributed by atoms with van der Waals surface area (Å²) < 4.78 is 40.4. The van der Waals surface area contributed by atoms with E-state index in [-0.39, 0.29) is 29.7 Å². The van der Waals surface area contributed by atoms with Crippen molar-refractivity contribution in [3.8, 4) is 5.75 Å². The Balaban J connectivity index is 0.00000392. The quantitative estimate of drug-likeness (QED) is 0.331. The van der Waals surface area contributed by atoms with Gasteiger partial charge in [-0.1, -0.05) is 19.1 Å². The summed E-state index contributed by atoms with van der Waals surface area (Å²) in [6.07, 6.45) is -0.594. The minimum absolute atomic E-state index is 0. The van der Waals surface area contributed by atoms with Gasteiger partial charge in [0.2, 0.25) is 0 Å². The zero-order valence-corrected chi connectivity index (χ0v) is 18.7. The van der Waals surface area contributed by atoms with Crippen molar-refractivity contribution in [1.82, 2.24) is 15.5 Å². The van der Waals surface area contributed by atoms with Gasteiger partial charge in [-0.2, -0.15) is 0 Å². The second-order valence-corrected chi connectivity index (χ2v) is 6.70. The zero-order valence-electron chi connectivity index (χ0n) is 16.4. The minimum atomic E-state index is -4.66. The molecule has 0 aromatic heterocycles. The first-order valence-electron chi connectivity index (χ1n) is 9.44. The molecule has 1 aliphatic rings. The summed E-state index contributed by atoms with van der Waals surface area (Å²) >= 11 is 0. The highest BCUT2D eigenvalue weighted by molar-refractivity contribution is 14.0. The van der Waals surface area contributed by atoms with E-state index < -0.39 is 6.36 Å². The number of ether oxygens (including phenoxy) is 1. The molecule has 0 radical (unpaired) electrons. The van der Waals surface area contributed by atoms with E-state index in [9.17, 15) is 13.2 Å². The van der Waals surface area contributed by atoms with E-state index in [4.69, 9.17) is 0 Å². The summed E-state index contributed by atoms with van der Waals surface area (Å²) in [5, 5.41) is 6.73. The fourth-order valence-electron chi connectivity index (χ4n) is 3.19. The van der Waals surface area contributed by atoms with Gasteiger partial charge in [0.25, 0.3) is 0 Å². The average Bonchev–Trinajstić information content (AvgIpc) is 2.63. The third-order valence-electron chi connectivity index (χ3n) is 4.55. The molecule has 5 nitrogen and oxygen atoms in total. The minimum Gasteiger partial charge on any atom is -0.406 e. The topological polar surface area (TPSA) is 48.9 Å². The largest absolute Gasteiger partial charge is 0.573 e. The van der Waals surface area contributed by atoms with Crippen LogP contribution in [0.4, 0.5) is 13.2 Å². The standard InChI is InChI=1S/C19H29F3N4O.HI/c1-3-12-26-13-9-16(10-14-26)25-18(23-2)24-11-8-15-4-6-17(7-5-15)27-19(20,21)22;/h4-7,16H,3,8-14H2,1-2H3,(H2,23,24,25);1H. The molecule has 0 saturated carbocycles. The molecule has 0 amide bonds. The second-order valence-electron chi connectivity index (χ2n) is 6.70. The van der Waals surface area contributed by atoms with Crippen molar-refractivity contribution in [2.75, 3.05) is 33.2 Å². The molecule has 28 heavy (non-hydrogen) atoms. The van der Waals surface area contributed by atoms with Crippen molar-refractivity contribution in [2.45, 2.75) is 45.0 Å². The van der Waals surface area contributed by atoms with E-state index in [0.29, 0.717) is 19.0 Å². The third kappa shape index (κ3) is 9.31. The van der Waals surface area contributed by atoms with Crippen molar-refractivity contribution in [3.63, 3.8) is 0 Å². The van der Waals surface area contributed by atoms with E-state index in [1.807, 2.05) is 0 Å². The Morgan fingerprint density at radius 1 is 1.21 bits per heavy atom. The predicted molar refractivity (Wildman–Crippen MR) is 116 cm³/mol. The lowest BCUT2D eigenvalue weighted by Crippen LogP contribution is -2.49. The van der Waals surface area contributed by atoms with E-state index >= 15 is 0 Å². The van der Waals surface area contributed by atoms with Crippen LogP contribution in [0.3, 0.4) is 0 Å². The number of aliphatic imine (C=N–C) groups is 1. The van der Waals surface area contributed by atoms with E-state index in [1.54, 1.807) is 19.2 Å². The molecular formula is C19H30F3IN4O. The van der Waals surface area contributed by atoms with E-state index in [1.165, 1.54) is 18.6 Å². The van der Waals surface area contributed by atoms with Gasteiger partial charge in [0.15, 0.2) is 5.96 Å². The number of nitrogens with one attached hydrogen (secondary N) is 2. The first kappa shape index (κ1) is 24.8. The number of hydrogen-bond donors (Lipinski definition) is 2. The maximum atomic E-state index is 12.2. The lowest BCUT2D eigenvalue weighted by Gasteiger charge is -2.32. The van der Waals surface area contributed by atoms with Crippen LogP contribution < -0.4 is 15.4 Å². The van der Waals surface area contributed by atoms with E-state index in [2.05, 4.69) is 32.2 Å². The molecule has 1 heterocycles. The molecule has 2 N–H and O–H groups in total. The summed E-state index contributed by atoms with van der Waals surface area (Å²) in [6, 6.07) is 6.37. The second kappa shape index (κ2) is 12.4. The molecule has 9 heteroatoms. The molecule has 0 unspecified atom stereocenters. The Morgan fingerprint density at radius 3 is 2.39 bits per heavy atom. The highest BCUT2D eigenvalue weighted by Crippen LogP contribution is 2.22. The summed E-state index contributed by atoms with van der Waals surface area (Å²) in [7, 11) is 1.74. The van der Waals surface area contributed by atoms with Gasteiger partial charge in [-0.15, -0.1) is 37.1 Å². The lowest BCUT2D eigenvalue weighted by molar-refractivity contribution is -0.274. The maximum Gasteiger partial charge on any atom is 0.573 e. The third-order valence-corrected chi connectivity index (χ3v) is 4.55. The highest BCUT2D eigenvalue weighted by atomic mass is 127.